The molecule has 0 radical (unpaired) electrons. The molecule has 0 atom stereocenters. The normalized spacial score (nSPS) is 7.82. The van der Waals surface area contributed by atoms with Crippen molar-refractivity contribution in [3.63, 3.8) is 0 Å². The molecular formula is C9H11ClMg. The fourth-order valence-electron chi connectivity index (χ4n) is 0.804. The van der Waals surface area contributed by atoms with Crippen molar-refractivity contribution < 1.29 is 12.4 Å². The number of halogens is 1. The van der Waals surface area contributed by atoms with Crippen LogP contribution in [0.2, 0.25) is 0 Å². The first-order valence-corrected chi connectivity index (χ1v) is 3.09. The molecule has 0 saturated carbocycles. The van der Waals surface area contributed by atoms with E-state index in [1.165, 1.54) is 11.1 Å². The van der Waals surface area contributed by atoms with Gasteiger partial charge in [-0.15, -0.1) is 11.6 Å². The second-order valence-corrected chi connectivity index (χ2v) is 2.42. The van der Waals surface area contributed by atoms with Gasteiger partial charge >= 0.3 is 23.1 Å². The quantitative estimate of drug-likeness (QED) is 0.358. The largest absolute Gasteiger partial charge is 2.00 e. The van der Waals surface area contributed by atoms with Crippen LogP contribution in [0.15, 0.2) is 18.2 Å². The Labute approximate surface area is 90.9 Å². The van der Waals surface area contributed by atoms with Gasteiger partial charge in [0, 0.05) is 0 Å². The molecule has 0 aliphatic carbocycles. The summed E-state index contributed by atoms with van der Waals surface area (Å²) < 4.78 is 0. The molecule has 0 fully saturated rings. The second kappa shape index (κ2) is 5.75. The van der Waals surface area contributed by atoms with Crippen LogP contribution in [-0.2, 0) is 0 Å². The van der Waals surface area contributed by atoms with Crippen LogP contribution >= 0.6 is 0 Å². The fraction of sp³-hybridized carbons (Fsp3) is 0.222. The first kappa shape index (κ1) is 13.7. The smallest absolute Gasteiger partial charge is 1.00 e. The Morgan fingerprint density at radius 3 is 2.00 bits per heavy atom. The second-order valence-electron chi connectivity index (χ2n) is 2.42. The van der Waals surface area contributed by atoms with Crippen LogP contribution in [0.4, 0.5) is 0 Å². The van der Waals surface area contributed by atoms with Gasteiger partial charge in [-0.25, -0.2) is 0 Å². The molecule has 0 nitrogen and oxygen atoms in total. The average molecular weight is 179 g/mol. The molecule has 0 saturated heterocycles. The van der Waals surface area contributed by atoms with Gasteiger partial charge in [0.1, 0.15) is 0 Å². The zero-order valence-corrected chi connectivity index (χ0v) is 9.19. The SMILES string of the molecule is [CH2-]c1ccc(C)c(C)c1.[Cl-].[Mg+2]. The first-order chi connectivity index (χ1) is 4.20. The van der Waals surface area contributed by atoms with E-state index >= 15 is 0 Å². The topological polar surface area (TPSA) is 0 Å². The van der Waals surface area contributed by atoms with Gasteiger partial charge in [-0.1, -0.05) is 12.5 Å². The van der Waals surface area contributed by atoms with Crippen molar-refractivity contribution in [2.75, 3.05) is 0 Å². The van der Waals surface area contributed by atoms with Crippen molar-refractivity contribution in [3.8, 4) is 0 Å². The maximum Gasteiger partial charge on any atom is 2.00 e. The van der Waals surface area contributed by atoms with Crippen molar-refractivity contribution in [1.29, 1.82) is 0 Å². The molecule has 0 aliphatic rings. The van der Waals surface area contributed by atoms with Gasteiger partial charge in [0.15, 0.2) is 0 Å². The molecule has 2 heteroatoms. The molecular weight excluding hydrogens is 168 g/mol. The zero-order valence-electron chi connectivity index (χ0n) is 7.02. The monoisotopic (exact) mass is 178 g/mol. The van der Waals surface area contributed by atoms with Crippen LogP contribution < -0.4 is 12.4 Å². The molecule has 0 N–H and O–H groups in total. The van der Waals surface area contributed by atoms with Gasteiger partial charge in [0.25, 0.3) is 0 Å². The third kappa shape index (κ3) is 3.90. The van der Waals surface area contributed by atoms with Crippen LogP contribution in [0.5, 0.6) is 0 Å². The van der Waals surface area contributed by atoms with Gasteiger partial charge in [0.05, 0.1) is 0 Å². The standard InChI is InChI=1S/C9H11.ClH.Mg/c1-7-4-5-8(2)9(3)6-7;;/h4-6H,1H2,2-3H3;1H;/q-1;;+2/p-1. The maximum atomic E-state index is 3.82. The van der Waals surface area contributed by atoms with Gasteiger partial charge in [-0.05, 0) is 6.92 Å². The van der Waals surface area contributed by atoms with Crippen LogP contribution in [0, 0.1) is 20.8 Å². The summed E-state index contributed by atoms with van der Waals surface area (Å²) in [5, 5.41) is 0. The first-order valence-electron chi connectivity index (χ1n) is 3.09. The van der Waals surface area contributed by atoms with E-state index in [1.54, 1.807) is 0 Å². The van der Waals surface area contributed by atoms with E-state index in [-0.39, 0.29) is 35.5 Å². The molecule has 56 valence electrons. The van der Waals surface area contributed by atoms with E-state index in [0.717, 1.165) is 5.56 Å². The minimum atomic E-state index is 0. The minimum absolute atomic E-state index is 0. The Balaban J connectivity index is 0. The Kier molecular flexibility index (Phi) is 7.17. The fourth-order valence-corrected chi connectivity index (χ4v) is 0.804. The van der Waals surface area contributed by atoms with Gasteiger partial charge < -0.3 is 12.4 Å². The predicted molar refractivity (Wildman–Crippen MR) is 46.1 cm³/mol. The Bertz CT molecular complexity index is 221. The maximum absolute atomic E-state index is 3.82. The molecule has 1 aromatic rings. The summed E-state index contributed by atoms with van der Waals surface area (Å²) in [6, 6.07) is 6.22. The van der Waals surface area contributed by atoms with E-state index in [4.69, 9.17) is 0 Å². The van der Waals surface area contributed by atoms with E-state index in [2.05, 4.69) is 32.9 Å². The molecule has 0 aromatic heterocycles. The van der Waals surface area contributed by atoms with E-state index < -0.39 is 0 Å². The zero-order chi connectivity index (χ0) is 6.85. The van der Waals surface area contributed by atoms with Crippen molar-refractivity contribution in [1.82, 2.24) is 0 Å². The van der Waals surface area contributed by atoms with Crippen LogP contribution in [0.1, 0.15) is 16.7 Å². The summed E-state index contributed by atoms with van der Waals surface area (Å²) in [7, 11) is 0. The Morgan fingerprint density at radius 1 is 1.09 bits per heavy atom. The molecule has 0 heterocycles. The number of rotatable bonds is 0. The van der Waals surface area contributed by atoms with E-state index in [1.807, 2.05) is 6.07 Å². The molecule has 11 heavy (non-hydrogen) atoms. The van der Waals surface area contributed by atoms with Gasteiger partial charge in [-0.2, -0.15) is 24.6 Å². The van der Waals surface area contributed by atoms with Crippen molar-refractivity contribution >= 4 is 23.1 Å². The Morgan fingerprint density at radius 2 is 1.64 bits per heavy atom. The summed E-state index contributed by atoms with van der Waals surface area (Å²) in [6.45, 7) is 8.03. The van der Waals surface area contributed by atoms with Crippen LogP contribution in [0.3, 0.4) is 0 Å². The average Bonchev–Trinajstić information content (AvgIpc) is 1.80. The summed E-state index contributed by atoms with van der Waals surface area (Å²) in [6.07, 6.45) is 0. The number of hydrogen-bond acceptors (Lipinski definition) is 0. The molecule has 0 unspecified atom stereocenters. The van der Waals surface area contributed by atoms with Gasteiger partial charge in [-0.3, -0.25) is 0 Å². The summed E-state index contributed by atoms with van der Waals surface area (Å²) in [4.78, 5) is 0. The van der Waals surface area contributed by atoms with Crippen molar-refractivity contribution in [3.05, 3.63) is 41.8 Å². The molecule has 0 bridgehead atoms. The van der Waals surface area contributed by atoms with Crippen LogP contribution in [0.25, 0.3) is 0 Å². The number of benzene rings is 1. The van der Waals surface area contributed by atoms with E-state index in [0.29, 0.717) is 0 Å². The minimum Gasteiger partial charge on any atom is -1.00 e. The summed E-state index contributed by atoms with van der Waals surface area (Å²) in [5.41, 5.74) is 3.75. The van der Waals surface area contributed by atoms with Crippen LogP contribution in [-0.4, -0.2) is 23.1 Å². The molecule has 1 aromatic carbocycles. The third-order valence-corrected chi connectivity index (χ3v) is 1.57. The molecule has 0 spiro atoms. The number of hydrogen-bond donors (Lipinski definition) is 0. The van der Waals surface area contributed by atoms with Gasteiger partial charge in [0.2, 0.25) is 0 Å². The predicted octanol–water partition coefficient (Wildman–Crippen LogP) is -0.891. The molecule has 0 aliphatic heterocycles. The molecule has 0 amide bonds. The summed E-state index contributed by atoms with van der Waals surface area (Å²) in [5.74, 6) is 0. The third-order valence-electron chi connectivity index (χ3n) is 1.57. The van der Waals surface area contributed by atoms with Crippen molar-refractivity contribution in [2.45, 2.75) is 13.8 Å². The molecule has 1 rings (SSSR count). The number of aryl methyl sites for hydroxylation is 2. The summed E-state index contributed by atoms with van der Waals surface area (Å²) >= 11 is 0. The Hall–Kier alpha value is 0.146. The van der Waals surface area contributed by atoms with Crippen molar-refractivity contribution in [2.24, 2.45) is 0 Å². The van der Waals surface area contributed by atoms with E-state index in [9.17, 15) is 0 Å².